The fourth-order valence-corrected chi connectivity index (χ4v) is 5.94. The summed E-state index contributed by atoms with van der Waals surface area (Å²) in [6.45, 7) is 2.84. The highest BCUT2D eigenvalue weighted by molar-refractivity contribution is 7.89. The van der Waals surface area contributed by atoms with Gasteiger partial charge in [-0.1, -0.05) is 0 Å². The summed E-state index contributed by atoms with van der Waals surface area (Å²) in [5.74, 6) is -0.222. The molecular formula is C22H28FN3O4S. The number of sulfonamides is 1. The van der Waals surface area contributed by atoms with Crippen molar-refractivity contribution in [3.63, 3.8) is 0 Å². The molecule has 0 spiro atoms. The van der Waals surface area contributed by atoms with Crippen LogP contribution in [0.2, 0.25) is 0 Å². The quantitative estimate of drug-likeness (QED) is 0.703. The summed E-state index contributed by atoms with van der Waals surface area (Å²) in [7, 11) is -3.76. The van der Waals surface area contributed by atoms with E-state index in [-0.39, 0.29) is 23.4 Å². The number of nitrogens with one attached hydrogen (secondary N) is 1. The highest BCUT2D eigenvalue weighted by Crippen LogP contribution is 2.27. The van der Waals surface area contributed by atoms with Gasteiger partial charge in [-0.25, -0.2) is 12.8 Å². The molecular weight excluding hydrogens is 421 g/mol. The summed E-state index contributed by atoms with van der Waals surface area (Å²) in [5, 5.41) is 3.03. The molecule has 9 heteroatoms. The van der Waals surface area contributed by atoms with Gasteiger partial charge < -0.3 is 9.73 Å². The molecule has 0 radical (unpaired) electrons. The minimum atomic E-state index is -3.76. The van der Waals surface area contributed by atoms with Crippen LogP contribution in [0, 0.1) is 11.7 Å². The van der Waals surface area contributed by atoms with Crippen LogP contribution in [0.15, 0.2) is 52.0 Å². The fraction of sp³-hybridized carbons (Fsp3) is 0.500. The van der Waals surface area contributed by atoms with Gasteiger partial charge in [-0.05, 0) is 75.2 Å². The van der Waals surface area contributed by atoms with Crippen LogP contribution < -0.4 is 5.32 Å². The molecule has 2 saturated heterocycles. The Kier molecular flexibility index (Phi) is 6.74. The van der Waals surface area contributed by atoms with Gasteiger partial charge in [-0.2, -0.15) is 4.31 Å². The molecule has 7 nitrogen and oxygen atoms in total. The Bertz CT molecular complexity index is 973. The van der Waals surface area contributed by atoms with Crippen molar-refractivity contribution in [2.75, 3.05) is 32.7 Å². The van der Waals surface area contributed by atoms with Crippen molar-refractivity contribution in [3.8, 4) is 0 Å². The van der Waals surface area contributed by atoms with Crippen molar-refractivity contribution >= 4 is 15.9 Å². The Labute approximate surface area is 182 Å². The average Bonchev–Trinajstić information content (AvgIpc) is 3.49. The monoisotopic (exact) mass is 449 g/mol. The zero-order valence-electron chi connectivity index (χ0n) is 17.4. The Morgan fingerprint density at radius 1 is 1.13 bits per heavy atom. The van der Waals surface area contributed by atoms with E-state index < -0.39 is 21.8 Å². The zero-order chi connectivity index (χ0) is 21.8. The number of likely N-dealkylation sites (tertiary alicyclic amines) is 1. The van der Waals surface area contributed by atoms with Crippen LogP contribution in [0.25, 0.3) is 0 Å². The smallest absolute Gasteiger partial charge is 0.243 e. The van der Waals surface area contributed by atoms with Gasteiger partial charge in [0.1, 0.15) is 11.6 Å². The van der Waals surface area contributed by atoms with E-state index >= 15 is 0 Å². The van der Waals surface area contributed by atoms with Crippen molar-refractivity contribution in [2.24, 2.45) is 5.92 Å². The number of rotatable bonds is 7. The summed E-state index contributed by atoms with van der Waals surface area (Å²) < 4.78 is 45.9. The van der Waals surface area contributed by atoms with Gasteiger partial charge in [0.2, 0.25) is 15.9 Å². The fourth-order valence-electron chi connectivity index (χ4n) is 4.42. The lowest BCUT2D eigenvalue weighted by atomic mass is 9.98. The van der Waals surface area contributed by atoms with E-state index in [4.69, 9.17) is 4.42 Å². The third kappa shape index (κ3) is 4.99. The van der Waals surface area contributed by atoms with Crippen LogP contribution in [0.5, 0.6) is 0 Å². The van der Waals surface area contributed by atoms with Crippen LogP contribution in [0.3, 0.4) is 0 Å². The second-order valence-corrected chi connectivity index (χ2v) is 10.1. The number of furan rings is 1. The first-order valence-corrected chi connectivity index (χ1v) is 12.2. The molecule has 4 rings (SSSR count). The van der Waals surface area contributed by atoms with E-state index in [2.05, 4.69) is 10.2 Å². The lowest BCUT2D eigenvalue weighted by Crippen LogP contribution is -2.46. The summed E-state index contributed by atoms with van der Waals surface area (Å²) in [6, 6.07) is 8.54. The second kappa shape index (κ2) is 9.50. The van der Waals surface area contributed by atoms with Crippen molar-refractivity contribution in [3.05, 3.63) is 54.2 Å². The maximum atomic E-state index is 13.2. The van der Waals surface area contributed by atoms with Crippen LogP contribution in [-0.4, -0.2) is 56.3 Å². The van der Waals surface area contributed by atoms with Gasteiger partial charge >= 0.3 is 0 Å². The first-order valence-electron chi connectivity index (χ1n) is 10.8. The van der Waals surface area contributed by atoms with Crippen LogP contribution in [0.4, 0.5) is 4.39 Å². The predicted octanol–water partition coefficient (Wildman–Crippen LogP) is 2.77. The van der Waals surface area contributed by atoms with Crippen molar-refractivity contribution < 1.29 is 22.0 Å². The van der Waals surface area contributed by atoms with E-state index in [0.29, 0.717) is 25.9 Å². The number of hydrogen-bond acceptors (Lipinski definition) is 5. The molecule has 2 atom stereocenters. The molecule has 0 unspecified atom stereocenters. The number of piperidine rings is 1. The Hall–Kier alpha value is -2.23. The molecule has 2 aromatic rings. The molecule has 1 aromatic heterocycles. The van der Waals surface area contributed by atoms with Crippen LogP contribution in [0.1, 0.15) is 37.5 Å². The third-order valence-electron chi connectivity index (χ3n) is 6.13. The number of carbonyl (C=O) groups excluding carboxylic acids is 1. The molecule has 168 valence electrons. The van der Waals surface area contributed by atoms with Gasteiger partial charge in [0.15, 0.2) is 0 Å². The molecule has 3 heterocycles. The average molecular weight is 450 g/mol. The molecule has 2 fully saturated rings. The van der Waals surface area contributed by atoms with E-state index in [1.165, 1.54) is 16.4 Å². The molecule has 1 N–H and O–H groups in total. The van der Waals surface area contributed by atoms with E-state index in [1.807, 2.05) is 12.1 Å². The SMILES string of the molecule is O=C(NC[C@H](c1ccco1)N1CCCC1)[C@H]1CCCN(S(=O)(=O)c2ccc(F)cc2)C1. The topological polar surface area (TPSA) is 82.9 Å². The molecule has 0 aliphatic carbocycles. The number of benzene rings is 1. The number of halogens is 1. The lowest BCUT2D eigenvalue weighted by Gasteiger charge is -2.32. The Morgan fingerprint density at radius 2 is 1.87 bits per heavy atom. The Morgan fingerprint density at radius 3 is 2.55 bits per heavy atom. The number of hydrogen-bond donors (Lipinski definition) is 1. The summed E-state index contributed by atoms with van der Waals surface area (Å²) in [6.07, 6.45) is 5.14. The predicted molar refractivity (Wildman–Crippen MR) is 113 cm³/mol. The van der Waals surface area contributed by atoms with Gasteiger partial charge in [-0.3, -0.25) is 9.69 Å². The minimum Gasteiger partial charge on any atom is -0.468 e. The highest BCUT2D eigenvalue weighted by atomic mass is 32.2. The molecule has 31 heavy (non-hydrogen) atoms. The molecule has 1 amide bonds. The molecule has 1 aromatic carbocycles. The van der Waals surface area contributed by atoms with Gasteiger partial charge in [0.05, 0.1) is 23.1 Å². The van der Waals surface area contributed by atoms with Gasteiger partial charge in [-0.15, -0.1) is 0 Å². The normalized spacial score (nSPS) is 21.8. The van der Waals surface area contributed by atoms with Crippen LogP contribution >= 0.6 is 0 Å². The maximum Gasteiger partial charge on any atom is 0.243 e. The standard InChI is InChI=1S/C22H28FN3O4S/c23-18-7-9-19(10-8-18)31(28,29)26-13-3-5-17(16-26)22(27)24-15-20(21-6-4-14-30-21)25-11-1-2-12-25/h4,6-10,14,17,20H,1-3,5,11-13,15-16H2,(H,24,27)/t17-,20+/m0/s1. The number of nitrogens with zero attached hydrogens (tertiary/aromatic N) is 2. The zero-order valence-corrected chi connectivity index (χ0v) is 18.2. The molecule has 2 aliphatic heterocycles. The Balaban J connectivity index is 1.39. The maximum absolute atomic E-state index is 13.2. The van der Waals surface area contributed by atoms with Crippen molar-refractivity contribution in [2.45, 2.75) is 36.6 Å². The highest BCUT2D eigenvalue weighted by Gasteiger charge is 2.34. The minimum absolute atomic E-state index is 0.0240. The largest absolute Gasteiger partial charge is 0.468 e. The second-order valence-electron chi connectivity index (χ2n) is 8.18. The summed E-state index contributed by atoms with van der Waals surface area (Å²) in [5.41, 5.74) is 0. The van der Waals surface area contributed by atoms with Crippen LogP contribution in [-0.2, 0) is 14.8 Å². The van der Waals surface area contributed by atoms with Crippen molar-refractivity contribution in [1.82, 2.24) is 14.5 Å². The summed E-state index contributed by atoms with van der Waals surface area (Å²) in [4.78, 5) is 15.3. The molecule has 0 bridgehead atoms. The van der Waals surface area contributed by atoms with E-state index in [9.17, 15) is 17.6 Å². The molecule has 2 aliphatic rings. The van der Waals surface area contributed by atoms with Gasteiger partial charge in [0, 0.05) is 19.6 Å². The first-order chi connectivity index (χ1) is 14.9. The number of carbonyl (C=O) groups is 1. The third-order valence-corrected chi connectivity index (χ3v) is 8.01. The van der Waals surface area contributed by atoms with Gasteiger partial charge in [0.25, 0.3) is 0 Å². The first kappa shape index (κ1) is 22.0. The number of amides is 1. The lowest BCUT2D eigenvalue weighted by molar-refractivity contribution is -0.126. The van der Waals surface area contributed by atoms with E-state index in [1.54, 1.807) is 6.26 Å². The molecule has 0 saturated carbocycles. The van der Waals surface area contributed by atoms with Crippen molar-refractivity contribution in [1.29, 1.82) is 0 Å². The summed E-state index contributed by atoms with van der Waals surface area (Å²) >= 11 is 0. The van der Waals surface area contributed by atoms with E-state index in [0.717, 1.165) is 43.8 Å².